The van der Waals surface area contributed by atoms with Crippen LogP contribution in [0.5, 0.6) is 0 Å². The van der Waals surface area contributed by atoms with Gasteiger partial charge in [0.2, 0.25) is 10.0 Å². The minimum atomic E-state index is -3.77. The monoisotopic (exact) mass is 321 g/mol. The molecule has 0 spiro atoms. The topological polar surface area (TPSA) is 83.9 Å². The van der Waals surface area contributed by atoms with Gasteiger partial charge in [0, 0.05) is 11.6 Å². The van der Waals surface area contributed by atoms with Crippen LogP contribution in [0.1, 0.15) is 6.92 Å². The number of halogens is 1. The van der Waals surface area contributed by atoms with Crippen molar-refractivity contribution in [3.8, 4) is 0 Å². The number of hydrogen-bond acceptors (Lipinski definition) is 4. The molecule has 1 aromatic carbocycles. The first-order valence-electron chi connectivity index (χ1n) is 5.92. The Kier molecular flexibility index (Phi) is 6.25. The standard InChI is InChI=1S/C12H16ClNO5S/c1-2-19-7-8-20(17,18)14(9-12(15)16)11-5-3-10(13)4-6-11/h3-6H,2,7-9H2,1H3,(H,15,16). The Morgan fingerprint density at radius 2 is 1.95 bits per heavy atom. The van der Waals surface area contributed by atoms with Gasteiger partial charge in [-0.25, -0.2) is 8.42 Å². The number of carboxylic acid groups (broad SMARTS) is 1. The molecule has 6 nitrogen and oxygen atoms in total. The lowest BCUT2D eigenvalue weighted by Crippen LogP contribution is -2.38. The number of hydrogen-bond donors (Lipinski definition) is 1. The molecule has 0 amide bonds. The fraction of sp³-hybridized carbons (Fsp3) is 0.417. The average molecular weight is 322 g/mol. The number of rotatable bonds is 8. The molecular formula is C12H16ClNO5S. The average Bonchev–Trinajstić information content (AvgIpc) is 2.37. The SMILES string of the molecule is CCOCCS(=O)(=O)N(CC(=O)O)c1ccc(Cl)cc1. The number of sulfonamides is 1. The van der Waals surface area contributed by atoms with E-state index >= 15 is 0 Å². The minimum Gasteiger partial charge on any atom is -0.480 e. The number of benzene rings is 1. The summed E-state index contributed by atoms with van der Waals surface area (Å²) in [5.41, 5.74) is 0.258. The van der Waals surface area contributed by atoms with E-state index in [1.54, 1.807) is 6.92 Å². The molecule has 0 aliphatic heterocycles. The minimum absolute atomic E-state index is 0.0164. The van der Waals surface area contributed by atoms with Gasteiger partial charge in [0.05, 0.1) is 18.0 Å². The second-order valence-electron chi connectivity index (χ2n) is 3.89. The molecule has 0 unspecified atom stereocenters. The maximum atomic E-state index is 12.2. The number of ether oxygens (including phenoxy) is 1. The highest BCUT2D eigenvalue weighted by Gasteiger charge is 2.24. The number of anilines is 1. The van der Waals surface area contributed by atoms with E-state index in [-0.39, 0.29) is 18.0 Å². The Morgan fingerprint density at radius 1 is 1.35 bits per heavy atom. The third-order valence-corrected chi connectivity index (χ3v) is 4.37. The van der Waals surface area contributed by atoms with E-state index in [2.05, 4.69) is 0 Å². The second-order valence-corrected chi connectivity index (χ2v) is 6.34. The Hall–Kier alpha value is -1.31. The first-order valence-corrected chi connectivity index (χ1v) is 7.91. The van der Waals surface area contributed by atoms with Crippen molar-refractivity contribution in [2.75, 3.05) is 29.8 Å². The van der Waals surface area contributed by atoms with Crippen molar-refractivity contribution in [2.45, 2.75) is 6.92 Å². The van der Waals surface area contributed by atoms with Crippen LogP contribution in [0.3, 0.4) is 0 Å². The number of carbonyl (C=O) groups is 1. The molecule has 112 valence electrons. The van der Waals surface area contributed by atoms with Crippen LogP contribution in [-0.2, 0) is 19.6 Å². The fourth-order valence-electron chi connectivity index (χ4n) is 1.50. The third-order valence-electron chi connectivity index (χ3n) is 2.42. The summed E-state index contributed by atoms with van der Waals surface area (Å²) in [7, 11) is -3.77. The van der Waals surface area contributed by atoms with Gasteiger partial charge in [-0.2, -0.15) is 0 Å². The fourth-order valence-corrected chi connectivity index (χ4v) is 2.92. The van der Waals surface area contributed by atoms with E-state index in [0.717, 1.165) is 4.31 Å². The summed E-state index contributed by atoms with van der Waals surface area (Å²) in [5.74, 6) is -1.52. The van der Waals surface area contributed by atoms with Crippen molar-refractivity contribution in [3.05, 3.63) is 29.3 Å². The van der Waals surface area contributed by atoms with Gasteiger partial charge in [0.1, 0.15) is 6.54 Å². The van der Waals surface area contributed by atoms with E-state index in [1.165, 1.54) is 24.3 Å². The normalized spacial score (nSPS) is 11.3. The molecular weight excluding hydrogens is 306 g/mol. The smallest absolute Gasteiger partial charge is 0.324 e. The summed E-state index contributed by atoms with van der Waals surface area (Å²) in [6.07, 6.45) is 0. The molecule has 8 heteroatoms. The summed E-state index contributed by atoms with van der Waals surface area (Å²) < 4.78 is 30.2. The molecule has 20 heavy (non-hydrogen) atoms. The van der Waals surface area contributed by atoms with Crippen molar-refractivity contribution in [1.29, 1.82) is 0 Å². The van der Waals surface area contributed by atoms with Crippen LogP contribution in [0.25, 0.3) is 0 Å². The van der Waals surface area contributed by atoms with Gasteiger partial charge in [-0.1, -0.05) is 11.6 Å². The van der Waals surface area contributed by atoms with Crippen LogP contribution in [0.15, 0.2) is 24.3 Å². The van der Waals surface area contributed by atoms with Crippen LogP contribution >= 0.6 is 11.6 Å². The maximum absolute atomic E-state index is 12.2. The molecule has 1 rings (SSSR count). The quantitative estimate of drug-likeness (QED) is 0.735. The van der Waals surface area contributed by atoms with Crippen LogP contribution in [-0.4, -0.2) is 45.0 Å². The zero-order valence-electron chi connectivity index (χ0n) is 11.0. The molecule has 0 aliphatic carbocycles. The lowest BCUT2D eigenvalue weighted by atomic mass is 10.3. The Balaban J connectivity index is 2.99. The predicted molar refractivity (Wildman–Crippen MR) is 76.7 cm³/mol. The molecule has 0 aliphatic rings. The maximum Gasteiger partial charge on any atom is 0.324 e. The molecule has 0 heterocycles. The van der Waals surface area contributed by atoms with Gasteiger partial charge in [-0.3, -0.25) is 9.10 Å². The summed E-state index contributed by atoms with van der Waals surface area (Å²) >= 11 is 5.73. The summed E-state index contributed by atoms with van der Waals surface area (Å²) in [4.78, 5) is 10.9. The second kappa shape index (κ2) is 7.47. The Morgan fingerprint density at radius 3 is 2.45 bits per heavy atom. The lowest BCUT2D eigenvalue weighted by Gasteiger charge is -2.22. The number of carboxylic acids is 1. The molecule has 0 aromatic heterocycles. The summed E-state index contributed by atoms with van der Waals surface area (Å²) in [6.45, 7) is 1.52. The molecule has 1 N–H and O–H groups in total. The molecule has 0 saturated heterocycles. The highest BCUT2D eigenvalue weighted by atomic mass is 35.5. The van der Waals surface area contributed by atoms with Gasteiger partial charge >= 0.3 is 5.97 Å². The largest absolute Gasteiger partial charge is 0.480 e. The van der Waals surface area contributed by atoms with Crippen molar-refractivity contribution in [3.63, 3.8) is 0 Å². The highest BCUT2D eigenvalue weighted by molar-refractivity contribution is 7.92. The van der Waals surface area contributed by atoms with Crippen LogP contribution in [0.4, 0.5) is 5.69 Å². The zero-order valence-corrected chi connectivity index (χ0v) is 12.5. The van der Waals surface area contributed by atoms with E-state index in [0.29, 0.717) is 11.6 Å². The van der Waals surface area contributed by atoms with Crippen molar-refractivity contribution < 1.29 is 23.1 Å². The number of aliphatic carboxylic acids is 1. The molecule has 0 bridgehead atoms. The Bertz CT molecular complexity index is 543. The lowest BCUT2D eigenvalue weighted by molar-refractivity contribution is -0.135. The summed E-state index contributed by atoms with van der Waals surface area (Å²) in [5, 5.41) is 9.31. The van der Waals surface area contributed by atoms with Crippen LogP contribution in [0.2, 0.25) is 5.02 Å². The van der Waals surface area contributed by atoms with Gasteiger partial charge in [-0.15, -0.1) is 0 Å². The van der Waals surface area contributed by atoms with Gasteiger partial charge < -0.3 is 9.84 Å². The Labute approximate surface area is 123 Å². The molecule has 0 saturated carbocycles. The first kappa shape index (κ1) is 16.7. The predicted octanol–water partition coefficient (Wildman–Crippen LogP) is 1.60. The van der Waals surface area contributed by atoms with E-state index < -0.39 is 22.5 Å². The van der Waals surface area contributed by atoms with E-state index in [4.69, 9.17) is 21.4 Å². The zero-order chi connectivity index (χ0) is 15.2. The molecule has 0 radical (unpaired) electrons. The molecule has 0 fully saturated rings. The van der Waals surface area contributed by atoms with Gasteiger partial charge in [-0.05, 0) is 31.2 Å². The van der Waals surface area contributed by atoms with E-state index in [9.17, 15) is 13.2 Å². The first-order chi connectivity index (χ1) is 9.36. The van der Waals surface area contributed by atoms with Crippen molar-refractivity contribution >= 4 is 33.3 Å². The molecule has 0 atom stereocenters. The van der Waals surface area contributed by atoms with E-state index in [1.807, 2.05) is 0 Å². The van der Waals surface area contributed by atoms with Gasteiger partial charge in [0.25, 0.3) is 0 Å². The van der Waals surface area contributed by atoms with Gasteiger partial charge in [0.15, 0.2) is 0 Å². The molecule has 1 aromatic rings. The van der Waals surface area contributed by atoms with Crippen molar-refractivity contribution in [2.24, 2.45) is 0 Å². The summed E-state index contributed by atoms with van der Waals surface area (Å²) in [6, 6.07) is 5.93. The number of nitrogens with zero attached hydrogens (tertiary/aromatic N) is 1. The van der Waals surface area contributed by atoms with Crippen molar-refractivity contribution in [1.82, 2.24) is 0 Å². The third kappa shape index (κ3) is 4.99. The van der Waals surface area contributed by atoms with Crippen LogP contribution in [0, 0.1) is 0 Å². The van der Waals surface area contributed by atoms with Crippen LogP contribution < -0.4 is 4.31 Å². The highest BCUT2D eigenvalue weighted by Crippen LogP contribution is 2.21.